The highest BCUT2D eigenvalue weighted by molar-refractivity contribution is 6.25. The molecule has 1 saturated heterocycles. The Morgan fingerprint density at radius 1 is 0.805 bits per heavy atom. The Balaban J connectivity index is 0.681. The first-order valence-electron chi connectivity index (χ1n) is 24.7. The number of imide groups is 2. The topological polar surface area (TPSA) is 288 Å². The van der Waals surface area contributed by atoms with Gasteiger partial charge in [0.15, 0.2) is 0 Å². The number of halogens is 1. The van der Waals surface area contributed by atoms with Gasteiger partial charge in [-0.25, -0.2) is 4.39 Å². The SMILES string of the molecule is CNC(=O)c1c(F)cccc1Nc1nc(Nc2cc3c(ccn3C(=O)CN(C)C(=O)CCOCCOCCOCCOCCOCCNc3cccc4c3C(=O)N(C3CCC(=O)NC3=O)C4=O)cc2OC)nc2[nH]ccc12. The highest BCUT2D eigenvalue weighted by Gasteiger charge is 2.45. The van der Waals surface area contributed by atoms with Crippen LogP contribution in [0.15, 0.2) is 73.1 Å². The first-order chi connectivity index (χ1) is 37.4. The van der Waals surface area contributed by atoms with Gasteiger partial charge in [-0.3, -0.25) is 48.3 Å². The molecule has 6 aromatic rings. The van der Waals surface area contributed by atoms with E-state index in [2.05, 4.69) is 41.5 Å². The van der Waals surface area contributed by atoms with Crippen LogP contribution in [0, 0.1) is 5.82 Å². The van der Waals surface area contributed by atoms with E-state index in [1.165, 1.54) is 41.8 Å². The molecular weight excluding hydrogens is 1010 g/mol. The van der Waals surface area contributed by atoms with Crippen molar-refractivity contribution >= 4 is 92.1 Å². The van der Waals surface area contributed by atoms with Gasteiger partial charge >= 0.3 is 0 Å². The highest BCUT2D eigenvalue weighted by Crippen LogP contribution is 2.35. The molecule has 0 aliphatic carbocycles. The van der Waals surface area contributed by atoms with E-state index in [1.807, 2.05) is 0 Å². The van der Waals surface area contributed by atoms with Gasteiger partial charge in [0.25, 0.3) is 23.6 Å². The van der Waals surface area contributed by atoms with E-state index < -0.39 is 41.4 Å². The van der Waals surface area contributed by atoms with Crippen molar-refractivity contribution in [1.82, 2.24) is 40.0 Å². The van der Waals surface area contributed by atoms with Crippen molar-refractivity contribution < 1.29 is 66.4 Å². The average molecular weight is 1060 g/mol. The molecule has 77 heavy (non-hydrogen) atoms. The van der Waals surface area contributed by atoms with Crippen LogP contribution < -0.4 is 31.3 Å². The van der Waals surface area contributed by atoms with Crippen LogP contribution in [0.25, 0.3) is 21.9 Å². The molecule has 0 radical (unpaired) electrons. The number of aromatic nitrogens is 4. The van der Waals surface area contributed by atoms with Gasteiger partial charge in [0, 0.05) is 50.5 Å². The number of carbonyl (C=O) groups is 7. The number of amides is 6. The molecule has 24 nitrogen and oxygen atoms in total. The number of carbonyl (C=O) groups excluding carboxylic acids is 7. The van der Waals surface area contributed by atoms with Gasteiger partial charge in [-0.1, -0.05) is 12.1 Å². The van der Waals surface area contributed by atoms with Gasteiger partial charge in [0.05, 0.1) is 119 Å². The molecule has 0 bridgehead atoms. The molecule has 1 unspecified atom stereocenters. The number of H-pyrrole nitrogens is 1. The molecule has 406 valence electrons. The molecule has 0 spiro atoms. The number of ether oxygens (including phenoxy) is 6. The van der Waals surface area contributed by atoms with E-state index in [1.54, 1.807) is 61.9 Å². The zero-order valence-electron chi connectivity index (χ0n) is 42.5. The van der Waals surface area contributed by atoms with Crippen molar-refractivity contribution in [3.63, 3.8) is 0 Å². The smallest absolute Gasteiger partial charge is 0.264 e. The van der Waals surface area contributed by atoms with Crippen LogP contribution in [0.3, 0.4) is 0 Å². The third kappa shape index (κ3) is 13.2. The number of methoxy groups -OCH3 is 1. The normalized spacial score (nSPS) is 14.2. The Morgan fingerprint density at radius 3 is 2.19 bits per heavy atom. The molecule has 3 aromatic carbocycles. The summed E-state index contributed by atoms with van der Waals surface area (Å²) in [5.74, 6) is -3.39. The summed E-state index contributed by atoms with van der Waals surface area (Å²) in [5.41, 5.74) is 2.23. The number of benzene rings is 3. The van der Waals surface area contributed by atoms with E-state index in [0.717, 1.165) is 4.90 Å². The number of nitrogens with zero attached hydrogens (tertiary/aromatic N) is 5. The third-order valence-corrected chi connectivity index (χ3v) is 12.4. The Labute approximate surface area is 440 Å². The molecular formula is C52H58FN11O13. The number of hydrogen-bond acceptors (Lipinski definition) is 18. The minimum Gasteiger partial charge on any atom is -0.495 e. The van der Waals surface area contributed by atoms with Crippen molar-refractivity contribution in [3.05, 3.63) is 95.6 Å². The lowest BCUT2D eigenvalue weighted by atomic mass is 10.0. The van der Waals surface area contributed by atoms with E-state index in [-0.39, 0.29) is 85.0 Å². The number of piperidine rings is 1. The molecule has 6 N–H and O–H groups in total. The maximum atomic E-state index is 14.8. The zero-order valence-corrected chi connectivity index (χ0v) is 42.5. The molecule has 0 saturated carbocycles. The summed E-state index contributed by atoms with van der Waals surface area (Å²) in [4.78, 5) is 104. The fourth-order valence-corrected chi connectivity index (χ4v) is 8.59. The minimum absolute atomic E-state index is 0.0423. The summed E-state index contributed by atoms with van der Waals surface area (Å²) in [7, 11) is 4.45. The van der Waals surface area contributed by atoms with Crippen LogP contribution in [-0.2, 0) is 38.1 Å². The van der Waals surface area contributed by atoms with Crippen LogP contribution >= 0.6 is 0 Å². The monoisotopic (exact) mass is 1060 g/mol. The molecule has 25 heteroatoms. The van der Waals surface area contributed by atoms with Gasteiger partial charge in [-0.15, -0.1) is 0 Å². The van der Waals surface area contributed by atoms with Crippen molar-refractivity contribution in [3.8, 4) is 5.75 Å². The number of fused-ring (bicyclic) bond motifs is 3. The molecule has 1 fully saturated rings. The summed E-state index contributed by atoms with van der Waals surface area (Å²) in [5, 5.41) is 15.3. The maximum absolute atomic E-state index is 14.8. The second-order valence-corrected chi connectivity index (χ2v) is 17.5. The van der Waals surface area contributed by atoms with E-state index >= 15 is 0 Å². The van der Waals surface area contributed by atoms with E-state index in [0.29, 0.717) is 98.5 Å². The molecule has 6 amide bonds. The number of rotatable bonds is 28. The minimum atomic E-state index is -1.04. The lowest BCUT2D eigenvalue weighted by Gasteiger charge is -2.27. The van der Waals surface area contributed by atoms with E-state index in [9.17, 15) is 38.0 Å². The lowest BCUT2D eigenvalue weighted by molar-refractivity contribution is -0.136. The second kappa shape index (κ2) is 25.9. The number of anilines is 5. The van der Waals surface area contributed by atoms with Gasteiger partial charge in [-0.2, -0.15) is 9.97 Å². The predicted octanol–water partition coefficient (Wildman–Crippen LogP) is 3.99. The molecule has 2 aliphatic rings. The second-order valence-electron chi connectivity index (χ2n) is 17.5. The van der Waals surface area contributed by atoms with Gasteiger partial charge in [0.1, 0.15) is 35.6 Å². The largest absolute Gasteiger partial charge is 0.495 e. The Kier molecular flexibility index (Phi) is 18.5. The van der Waals surface area contributed by atoms with Crippen LogP contribution in [0.4, 0.5) is 33.2 Å². The molecule has 3 aromatic heterocycles. The average Bonchev–Trinajstić information content (AvgIpc) is 4.20. The highest BCUT2D eigenvalue weighted by atomic mass is 19.1. The van der Waals surface area contributed by atoms with E-state index in [4.69, 9.17) is 28.4 Å². The van der Waals surface area contributed by atoms with Gasteiger partial charge in [0.2, 0.25) is 23.7 Å². The van der Waals surface area contributed by atoms with Crippen LogP contribution in [0.1, 0.15) is 55.1 Å². The van der Waals surface area contributed by atoms with Crippen LogP contribution in [0.5, 0.6) is 5.75 Å². The fraction of sp³-hybridized carbons (Fsp3) is 0.365. The molecule has 8 rings (SSSR count). The zero-order chi connectivity index (χ0) is 54.4. The fourth-order valence-electron chi connectivity index (χ4n) is 8.59. The number of hydrogen-bond donors (Lipinski definition) is 6. The van der Waals surface area contributed by atoms with Gasteiger partial charge in [-0.05, 0) is 55.0 Å². The van der Waals surface area contributed by atoms with Gasteiger partial charge < -0.3 is 59.6 Å². The summed E-state index contributed by atoms with van der Waals surface area (Å²) in [6, 6.07) is 15.0. The van der Waals surface area contributed by atoms with Crippen LogP contribution in [0.2, 0.25) is 0 Å². The molecule has 5 heterocycles. The number of likely N-dealkylation sites (N-methyl/N-ethyl adjacent to an activating group) is 1. The standard InChI is InChI=1S/C52H58FN11O13/c1-54-49(69)45-34(53)7-5-9-36(45)57-47-33-12-15-56-46(33)60-52(61-47)58-37-29-39-31(28-40(37)72-3)13-17-63(39)43(67)30-62(2)42(66)14-18-73-20-22-75-24-26-77-27-25-76-23-21-74-19-16-55-35-8-4-6-32-44(35)51(71)64(50(32)70)38-10-11-41(65)59-48(38)68/h4-9,12-13,15,17,28-29,38,55H,10-11,14,16,18-27,30H2,1-3H3,(H,54,69)(H,59,65,68)(H3,56,57,58,60,61). The quantitative estimate of drug-likeness (QED) is 0.0299. The Hall–Kier alpha value is -8.36. The summed E-state index contributed by atoms with van der Waals surface area (Å²) >= 11 is 0. The predicted molar refractivity (Wildman–Crippen MR) is 277 cm³/mol. The summed E-state index contributed by atoms with van der Waals surface area (Å²) in [6.45, 7) is 3.13. The Bertz CT molecular complexity index is 3160. The summed E-state index contributed by atoms with van der Waals surface area (Å²) in [6.07, 6.45) is 3.46. The number of nitrogens with one attached hydrogen (secondary N) is 6. The summed E-state index contributed by atoms with van der Waals surface area (Å²) < 4.78 is 49.8. The van der Waals surface area contributed by atoms with Crippen molar-refractivity contribution in [2.24, 2.45) is 0 Å². The third-order valence-electron chi connectivity index (χ3n) is 12.4. The van der Waals surface area contributed by atoms with Crippen molar-refractivity contribution in [2.45, 2.75) is 25.3 Å². The molecule has 2 aliphatic heterocycles. The maximum Gasteiger partial charge on any atom is 0.264 e. The molecule has 1 atom stereocenters. The Morgan fingerprint density at radius 2 is 1.49 bits per heavy atom. The lowest BCUT2D eigenvalue weighted by Crippen LogP contribution is -2.54. The van der Waals surface area contributed by atoms with Crippen LogP contribution in [-0.4, -0.2) is 177 Å². The first kappa shape index (κ1) is 54.9. The first-order valence-corrected chi connectivity index (χ1v) is 24.7. The van der Waals surface area contributed by atoms with Crippen molar-refractivity contribution in [2.75, 3.05) is 116 Å². The number of aromatic amines is 1. The van der Waals surface area contributed by atoms with Crippen molar-refractivity contribution in [1.29, 1.82) is 0 Å².